The van der Waals surface area contributed by atoms with Gasteiger partial charge in [-0.05, 0) is 62.7 Å². The Morgan fingerprint density at radius 1 is 1.14 bits per heavy atom. The Labute approximate surface area is 167 Å². The van der Waals surface area contributed by atoms with Crippen LogP contribution >= 0.6 is 0 Å². The fourth-order valence-electron chi connectivity index (χ4n) is 8.35. The summed E-state index contributed by atoms with van der Waals surface area (Å²) in [5.41, 5.74) is -1.12. The molecule has 0 heterocycles. The van der Waals surface area contributed by atoms with Crippen LogP contribution in [0.3, 0.4) is 0 Å². The van der Waals surface area contributed by atoms with Crippen molar-refractivity contribution in [3.63, 3.8) is 0 Å². The van der Waals surface area contributed by atoms with E-state index in [2.05, 4.69) is 13.8 Å². The molecule has 0 unspecified atom stereocenters. The Kier molecular flexibility index (Phi) is 4.48. The number of methoxy groups -OCH3 is 1. The van der Waals surface area contributed by atoms with Gasteiger partial charge in [0.15, 0.2) is 0 Å². The molecule has 0 N–H and O–H groups in total. The van der Waals surface area contributed by atoms with Gasteiger partial charge in [-0.15, -0.1) is 0 Å². The van der Waals surface area contributed by atoms with E-state index in [-0.39, 0.29) is 46.6 Å². The maximum absolute atomic E-state index is 13.5. The monoisotopic (exact) mass is 390 g/mol. The fraction of sp³-hybridized carbons (Fsp3) is 0.870. The molecule has 5 nitrogen and oxygen atoms in total. The first-order chi connectivity index (χ1) is 13.1. The maximum Gasteiger partial charge on any atom is 0.311 e. The van der Waals surface area contributed by atoms with Crippen LogP contribution in [0.25, 0.3) is 0 Å². The van der Waals surface area contributed by atoms with Gasteiger partial charge in [0, 0.05) is 24.2 Å². The number of ether oxygens (including phenoxy) is 2. The summed E-state index contributed by atoms with van der Waals surface area (Å²) in [6, 6.07) is 0. The van der Waals surface area contributed by atoms with Gasteiger partial charge in [-0.2, -0.15) is 0 Å². The molecule has 8 atom stereocenters. The minimum absolute atomic E-state index is 0.000584. The van der Waals surface area contributed by atoms with E-state index in [0.29, 0.717) is 11.7 Å². The van der Waals surface area contributed by atoms with Crippen LogP contribution in [0.4, 0.5) is 0 Å². The molecule has 0 radical (unpaired) electrons. The molecule has 4 rings (SSSR count). The minimum atomic E-state index is -0.533. The highest BCUT2D eigenvalue weighted by Crippen LogP contribution is 2.71. The van der Waals surface area contributed by atoms with Crippen LogP contribution in [0.5, 0.6) is 0 Å². The van der Waals surface area contributed by atoms with E-state index in [1.165, 1.54) is 14.0 Å². The predicted octanol–water partition coefficient (Wildman–Crippen LogP) is 3.93. The zero-order valence-corrected chi connectivity index (χ0v) is 17.9. The van der Waals surface area contributed by atoms with Crippen molar-refractivity contribution in [2.24, 2.45) is 39.9 Å². The first-order valence-corrected chi connectivity index (χ1v) is 10.9. The van der Waals surface area contributed by atoms with Gasteiger partial charge in [-0.1, -0.05) is 20.3 Å². The summed E-state index contributed by atoms with van der Waals surface area (Å²) in [6.07, 6.45) is 5.89. The molecular weight excluding hydrogens is 356 g/mol. The normalized spacial score (nSPS) is 49.8. The van der Waals surface area contributed by atoms with Crippen molar-refractivity contribution in [3.05, 3.63) is 0 Å². The third kappa shape index (κ3) is 2.40. The second-order valence-corrected chi connectivity index (χ2v) is 10.5. The maximum atomic E-state index is 13.5. The number of Topliss-reactive ketones (excluding diaryl/α,β-unsaturated/α-hetero) is 1. The lowest BCUT2D eigenvalue weighted by atomic mass is 9.40. The molecule has 0 aromatic carbocycles. The number of hydrogen-bond donors (Lipinski definition) is 0. The van der Waals surface area contributed by atoms with Crippen LogP contribution in [0.2, 0.25) is 0 Å². The van der Waals surface area contributed by atoms with Crippen molar-refractivity contribution in [1.29, 1.82) is 0 Å². The van der Waals surface area contributed by atoms with Crippen LogP contribution in [-0.4, -0.2) is 30.9 Å². The number of esters is 2. The Bertz CT molecular complexity index is 716. The van der Waals surface area contributed by atoms with Gasteiger partial charge < -0.3 is 9.47 Å². The molecule has 4 saturated carbocycles. The largest absolute Gasteiger partial charge is 0.469 e. The third-order valence-corrected chi connectivity index (χ3v) is 9.28. The number of carbonyl (C=O) groups is 3. The van der Waals surface area contributed by atoms with Crippen molar-refractivity contribution in [3.8, 4) is 0 Å². The van der Waals surface area contributed by atoms with Crippen molar-refractivity contribution in [2.45, 2.75) is 78.7 Å². The van der Waals surface area contributed by atoms with Gasteiger partial charge in [0.05, 0.1) is 12.5 Å². The number of fused-ring (bicyclic) bond motifs is 3. The van der Waals surface area contributed by atoms with Crippen molar-refractivity contribution >= 4 is 17.7 Å². The van der Waals surface area contributed by atoms with Crippen LogP contribution < -0.4 is 0 Å². The van der Waals surface area contributed by atoms with E-state index in [1.54, 1.807) is 0 Å². The Balaban J connectivity index is 1.82. The minimum Gasteiger partial charge on any atom is -0.469 e. The second kappa shape index (κ2) is 6.30. The Morgan fingerprint density at radius 3 is 2.50 bits per heavy atom. The molecule has 28 heavy (non-hydrogen) atoms. The predicted molar refractivity (Wildman–Crippen MR) is 103 cm³/mol. The number of rotatable bonds is 2. The van der Waals surface area contributed by atoms with Gasteiger partial charge in [0.25, 0.3) is 0 Å². The molecule has 4 fully saturated rings. The van der Waals surface area contributed by atoms with Gasteiger partial charge in [-0.3, -0.25) is 14.4 Å². The molecule has 5 heteroatoms. The number of ketones is 1. The summed E-state index contributed by atoms with van der Waals surface area (Å²) in [4.78, 5) is 38.3. The molecule has 4 aliphatic rings. The highest BCUT2D eigenvalue weighted by atomic mass is 16.5. The fourth-order valence-corrected chi connectivity index (χ4v) is 8.35. The standard InChI is InChI=1S/C23H34O5/c1-13-15-11-16(28-14(2)24)18-21(3)8-6-9-22(4,20(26)27-5)17(21)7-10-23(18,12-15)19(13)25/h13,15-18H,6-12H2,1-5H3/t13-,15-,16-,17+,18+,21-,22-,23-/m1/s1. The molecule has 4 aliphatic carbocycles. The average molecular weight is 391 g/mol. The summed E-state index contributed by atoms with van der Waals surface area (Å²) >= 11 is 0. The molecule has 0 aromatic rings. The molecule has 2 bridgehead atoms. The lowest BCUT2D eigenvalue weighted by Crippen LogP contribution is -2.63. The topological polar surface area (TPSA) is 69.7 Å². The summed E-state index contributed by atoms with van der Waals surface area (Å²) in [5.74, 6) is 0.475. The highest BCUT2D eigenvalue weighted by Gasteiger charge is 2.71. The Morgan fingerprint density at radius 2 is 1.86 bits per heavy atom. The van der Waals surface area contributed by atoms with Gasteiger partial charge in [0.1, 0.15) is 11.9 Å². The zero-order chi connectivity index (χ0) is 20.5. The van der Waals surface area contributed by atoms with E-state index in [9.17, 15) is 14.4 Å². The summed E-state index contributed by atoms with van der Waals surface area (Å²) in [7, 11) is 1.47. The Hall–Kier alpha value is -1.39. The quantitative estimate of drug-likeness (QED) is 0.668. The van der Waals surface area contributed by atoms with E-state index in [0.717, 1.165) is 44.9 Å². The first kappa shape index (κ1) is 19.9. The third-order valence-electron chi connectivity index (χ3n) is 9.28. The van der Waals surface area contributed by atoms with E-state index >= 15 is 0 Å². The highest BCUT2D eigenvalue weighted by molar-refractivity contribution is 5.90. The van der Waals surface area contributed by atoms with Crippen LogP contribution in [0.1, 0.15) is 72.6 Å². The first-order valence-electron chi connectivity index (χ1n) is 10.9. The van der Waals surface area contributed by atoms with Gasteiger partial charge in [-0.25, -0.2) is 0 Å². The summed E-state index contributed by atoms with van der Waals surface area (Å²) in [6.45, 7) is 7.83. The molecular formula is C23H34O5. The SMILES string of the molecule is COC(=O)[C@]1(C)CCC[C@@]2(C)[C@@H]3[C@H](OC(C)=O)C[C@@H]4C[C@@]3(CC[C@@H]21)C(=O)[C@@H]4C. The molecule has 0 saturated heterocycles. The van der Waals surface area contributed by atoms with Gasteiger partial charge >= 0.3 is 11.9 Å². The van der Waals surface area contributed by atoms with Crippen molar-refractivity contribution < 1.29 is 23.9 Å². The lowest BCUT2D eigenvalue weighted by Gasteiger charge is -2.64. The molecule has 0 aromatic heterocycles. The van der Waals surface area contributed by atoms with E-state index in [4.69, 9.17) is 9.47 Å². The van der Waals surface area contributed by atoms with Gasteiger partial charge in [0.2, 0.25) is 0 Å². The van der Waals surface area contributed by atoms with Crippen LogP contribution in [0, 0.1) is 39.9 Å². The smallest absolute Gasteiger partial charge is 0.311 e. The van der Waals surface area contributed by atoms with E-state index < -0.39 is 5.41 Å². The molecule has 0 aliphatic heterocycles. The summed E-state index contributed by atoms with van der Waals surface area (Å²) in [5, 5.41) is 0. The van der Waals surface area contributed by atoms with Crippen LogP contribution in [-0.2, 0) is 23.9 Å². The lowest BCUT2D eigenvalue weighted by molar-refractivity contribution is -0.209. The van der Waals surface area contributed by atoms with Crippen molar-refractivity contribution in [1.82, 2.24) is 0 Å². The number of hydrogen-bond acceptors (Lipinski definition) is 5. The molecule has 156 valence electrons. The van der Waals surface area contributed by atoms with Crippen LogP contribution in [0.15, 0.2) is 0 Å². The average Bonchev–Trinajstić information content (AvgIpc) is 2.81. The molecule has 1 spiro atoms. The van der Waals surface area contributed by atoms with Crippen molar-refractivity contribution in [2.75, 3.05) is 7.11 Å². The van der Waals surface area contributed by atoms with E-state index in [1.807, 2.05) is 6.92 Å². The summed E-state index contributed by atoms with van der Waals surface area (Å²) < 4.78 is 11.1. The molecule has 0 amide bonds. The second-order valence-electron chi connectivity index (χ2n) is 10.5. The number of carbonyl (C=O) groups excluding carboxylic acids is 3. The zero-order valence-electron chi connectivity index (χ0n) is 17.9.